The third kappa shape index (κ3) is 7.32. The number of rotatable bonds is 9. The largest absolute Gasteiger partial charge is 0.478 e. The van der Waals surface area contributed by atoms with Crippen molar-refractivity contribution in [3.63, 3.8) is 0 Å². The molecule has 1 fully saturated rings. The second kappa shape index (κ2) is 11.8. The van der Waals surface area contributed by atoms with Gasteiger partial charge in [-0.1, -0.05) is 54.0 Å². The van der Waals surface area contributed by atoms with E-state index in [1.54, 1.807) is 18.0 Å². The van der Waals surface area contributed by atoms with Crippen molar-refractivity contribution in [2.45, 2.75) is 105 Å². The van der Waals surface area contributed by atoms with Crippen LogP contribution in [-0.4, -0.2) is 70.4 Å². The molecule has 2 N–H and O–H groups in total. The summed E-state index contributed by atoms with van der Waals surface area (Å²) < 4.78 is 0. The second-order valence-electron chi connectivity index (χ2n) is 10.7. The number of hydrogen-bond acceptors (Lipinski definition) is 4. The van der Waals surface area contributed by atoms with Gasteiger partial charge in [0, 0.05) is 18.7 Å². The zero-order chi connectivity index (χ0) is 24.8. The van der Waals surface area contributed by atoms with Crippen LogP contribution in [0.1, 0.15) is 81.1 Å². The number of carbonyl (C=O) groups excluding carboxylic acids is 2. The Morgan fingerprint density at radius 3 is 2.25 bits per heavy atom. The van der Waals surface area contributed by atoms with Crippen LogP contribution in [0, 0.1) is 11.3 Å². The van der Waals surface area contributed by atoms with Crippen LogP contribution in [0.4, 0.5) is 0 Å². The number of carboxylic acids is 1. The molecule has 0 aromatic heterocycles. The maximum absolute atomic E-state index is 13.6. The predicted molar refractivity (Wildman–Crippen MR) is 128 cm³/mol. The van der Waals surface area contributed by atoms with Gasteiger partial charge in [-0.3, -0.25) is 14.5 Å². The summed E-state index contributed by atoms with van der Waals surface area (Å²) >= 11 is 0. The first-order valence-electron chi connectivity index (χ1n) is 12.0. The number of nitrogens with one attached hydrogen (secondary N) is 1. The van der Waals surface area contributed by atoms with Gasteiger partial charge in [-0.15, -0.1) is 0 Å². The fourth-order valence-corrected chi connectivity index (χ4v) is 4.31. The summed E-state index contributed by atoms with van der Waals surface area (Å²) in [6, 6.07) is -1.00. The van der Waals surface area contributed by atoms with Crippen LogP contribution in [0.15, 0.2) is 11.6 Å². The standard InChI is InChI=1S/C25H45N3O4/c1-10-18(5)28-14-12-11-13-19(28)22(29)26-21(25(6,7)8)23(30)27(9)20(16(2)3)15-17(4)24(31)32/h15-16,18-21H,10-14H2,1-9H3,(H,26,29)(H,31,32)/b17-15+/t18?,19-,20-,21?/m1/s1. The average Bonchev–Trinajstić information content (AvgIpc) is 2.72. The van der Waals surface area contributed by atoms with E-state index < -0.39 is 17.4 Å². The Kier molecular flexibility index (Phi) is 10.4. The van der Waals surface area contributed by atoms with E-state index in [1.165, 1.54) is 6.92 Å². The normalized spacial score (nSPS) is 21.1. The Hall–Kier alpha value is -1.89. The summed E-state index contributed by atoms with van der Waals surface area (Å²) in [5.74, 6) is -1.27. The topological polar surface area (TPSA) is 90.0 Å². The smallest absolute Gasteiger partial charge is 0.331 e. The van der Waals surface area contributed by atoms with Gasteiger partial charge in [-0.25, -0.2) is 4.79 Å². The molecule has 2 unspecified atom stereocenters. The highest BCUT2D eigenvalue weighted by atomic mass is 16.4. The Morgan fingerprint density at radius 1 is 1.19 bits per heavy atom. The number of carbonyl (C=O) groups is 3. The minimum Gasteiger partial charge on any atom is -0.478 e. The molecule has 32 heavy (non-hydrogen) atoms. The van der Waals surface area contributed by atoms with Gasteiger partial charge in [0.15, 0.2) is 0 Å². The fourth-order valence-electron chi connectivity index (χ4n) is 4.31. The van der Waals surface area contributed by atoms with Crippen LogP contribution in [0.3, 0.4) is 0 Å². The predicted octanol–water partition coefficient (Wildman–Crippen LogP) is 3.68. The fraction of sp³-hybridized carbons (Fsp3) is 0.800. The summed E-state index contributed by atoms with van der Waals surface area (Å²) in [6.07, 6.45) is 5.49. The number of hydrogen-bond donors (Lipinski definition) is 2. The Labute approximate surface area is 194 Å². The number of nitrogens with zero attached hydrogens (tertiary/aromatic N) is 2. The van der Waals surface area contributed by atoms with Crippen LogP contribution in [-0.2, 0) is 14.4 Å². The first-order chi connectivity index (χ1) is 14.7. The minimum atomic E-state index is -1.00. The molecule has 1 heterocycles. The zero-order valence-electron chi connectivity index (χ0n) is 21.6. The van der Waals surface area contributed by atoms with Crippen molar-refractivity contribution in [2.24, 2.45) is 11.3 Å². The van der Waals surface area contributed by atoms with Crippen LogP contribution in [0.25, 0.3) is 0 Å². The molecule has 1 saturated heterocycles. The summed E-state index contributed by atoms with van der Waals surface area (Å²) in [6.45, 7) is 16.5. The lowest BCUT2D eigenvalue weighted by Gasteiger charge is -2.41. The number of amides is 2. The van der Waals surface area contributed by atoms with Gasteiger partial charge in [0.1, 0.15) is 6.04 Å². The highest BCUT2D eigenvalue weighted by Crippen LogP contribution is 2.26. The molecular formula is C25H45N3O4. The molecule has 4 atom stereocenters. The number of likely N-dealkylation sites (tertiary alicyclic amines) is 1. The van der Waals surface area contributed by atoms with E-state index in [-0.39, 0.29) is 35.4 Å². The first kappa shape index (κ1) is 28.1. The SMILES string of the molecule is CCC(C)N1CCCC[C@@H]1C(=O)NC(C(=O)N(C)[C@H](/C=C(\C)C(=O)O)C(C)C)C(C)(C)C. The minimum absolute atomic E-state index is 0.0220. The number of aliphatic carboxylic acids is 1. The lowest BCUT2D eigenvalue weighted by atomic mass is 9.84. The molecule has 0 aromatic carbocycles. The molecular weight excluding hydrogens is 406 g/mol. The molecule has 0 aliphatic carbocycles. The summed E-state index contributed by atoms with van der Waals surface area (Å²) in [5, 5.41) is 12.4. The van der Waals surface area contributed by atoms with Crippen molar-refractivity contribution in [3.05, 3.63) is 11.6 Å². The van der Waals surface area contributed by atoms with Crippen molar-refractivity contribution >= 4 is 17.8 Å². The first-order valence-corrected chi connectivity index (χ1v) is 12.0. The van der Waals surface area contributed by atoms with Gasteiger partial charge in [0.2, 0.25) is 11.8 Å². The number of piperidine rings is 1. The molecule has 2 amide bonds. The lowest BCUT2D eigenvalue weighted by Crippen LogP contribution is -2.60. The van der Waals surface area contributed by atoms with Gasteiger partial charge < -0.3 is 15.3 Å². The van der Waals surface area contributed by atoms with Gasteiger partial charge >= 0.3 is 5.97 Å². The molecule has 184 valence electrons. The monoisotopic (exact) mass is 451 g/mol. The Balaban J connectivity index is 3.16. The third-order valence-corrected chi connectivity index (χ3v) is 6.64. The molecule has 0 saturated carbocycles. The quantitative estimate of drug-likeness (QED) is 0.522. The second-order valence-corrected chi connectivity index (χ2v) is 10.7. The van der Waals surface area contributed by atoms with E-state index in [2.05, 4.69) is 24.1 Å². The van der Waals surface area contributed by atoms with Gasteiger partial charge in [-0.05, 0) is 51.0 Å². The molecule has 1 aliphatic heterocycles. The summed E-state index contributed by atoms with van der Waals surface area (Å²) in [5.41, 5.74) is -0.296. The maximum Gasteiger partial charge on any atom is 0.331 e. The molecule has 1 aliphatic rings. The molecule has 0 bridgehead atoms. The van der Waals surface area contributed by atoms with Crippen molar-refractivity contribution in [2.75, 3.05) is 13.6 Å². The Bertz CT molecular complexity index is 696. The van der Waals surface area contributed by atoms with Crippen molar-refractivity contribution < 1.29 is 19.5 Å². The summed E-state index contributed by atoms with van der Waals surface area (Å²) in [4.78, 5) is 42.2. The van der Waals surface area contributed by atoms with Crippen LogP contribution in [0.2, 0.25) is 0 Å². The van der Waals surface area contributed by atoms with Crippen LogP contribution < -0.4 is 5.32 Å². The van der Waals surface area contributed by atoms with Gasteiger partial charge in [0.25, 0.3) is 0 Å². The maximum atomic E-state index is 13.6. The summed E-state index contributed by atoms with van der Waals surface area (Å²) in [7, 11) is 1.69. The molecule has 7 nitrogen and oxygen atoms in total. The molecule has 7 heteroatoms. The van der Waals surface area contributed by atoms with E-state index >= 15 is 0 Å². The van der Waals surface area contributed by atoms with Crippen molar-refractivity contribution in [1.82, 2.24) is 15.1 Å². The lowest BCUT2D eigenvalue weighted by molar-refractivity contribution is -0.142. The average molecular weight is 452 g/mol. The van der Waals surface area contributed by atoms with E-state index in [1.807, 2.05) is 34.6 Å². The number of carboxylic acid groups (broad SMARTS) is 1. The van der Waals surface area contributed by atoms with Crippen molar-refractivity contribution in [1.29, 1.82) is 0 Å². The zero-order valence-corrected chi connectivity index (χ0v) is 21.6. The van der Waals surface area contributed by atoms with E-state index in [9.17, 15) is 19.5 Å². The van der Waals surface area contributed by atoms with Gasteiger partial charge in [0.05, 0.1) is 12.1 Å². The molecule has 0 spiro atoms. The Morgan fingerprint density at radius 2 is 1.78 bits per heavy atom. The molecule has 1 rings (SSSR count). The third-order valence-electron chi connectivity index (χ3n) is 6.64. The van der Waals surface area contributed by atoms with Crippen molar-refractivity contribution in [3.8, 4) is 0 Å². The molecule has 0 aromatic rings. The van der Waals surface area contributed by atoms with E-state index in [0.29, 0.717) is 6.04 Å². The number of likely N-dealkylation sites (N-methyl/N-ethyl adjacent to an activating group) is 1. The van der Waals surface area contributed by atoms with E-state index in [4.69, 9.17) is 0 Å². The highest BCUT2D eigenvalue weighted by molar-refractivity contribution is 5.91. The van der Waals surface area contributed by atoms with Crippen LogP contribution in [0.5, 0.6) is 0 Å². The van der Waals surface area contributed by atoms with Crippen LogP contribution >= 0.6 is 0 Å². The van der Waals surface area contributed by atoms with E-state index in [0.717, 1.165) is 32.2 Å². The molecule has 0 radical (unpaired) electrons. The highest BCUT2D eigenvalue weighted by Gasteiger charge is 2.40. The van der Waals surface area contributed by atoms with Gasteiger partial charge in [-0.2, -0.15) is 0 Å².